The minimum atomic E-state index is -0.419. The van der Waals surface area contributed by atoms with Crippen LogP contribution in [-0.4, -0.2) is 35.8 Å². The first-order chi connectivity index (χ1) is 12.1. The van der Waals surface area contributed by atoms with Gasteiger partial charge in [0.15, 0.2) is 0 Å². The lowest BCUT2D eigenvalue weighted by Crippen LogP contribution is -2.57. The van der Waals surface area contributed by atoms with Gasteiger partial charge in [0, 0.05) is 25.2 Å². The van der Waals surface area contributed by atoms with Crippen molar-refractivity contribution in [1.29, 1.82) is 0 Å². The van der Waals surface area contributed by atoms with Gasteiger partial charge in [0.25, 0.3) is 0 Å². The molecule has 0 aromatic heterocycles. The summed E-state index contributed by atoms with van der Waals surface area (Å²) in [5, 5.41) is 0. The number of benzene rings is 2. The molecule has 0 bridgehead atoms. The molecule has 3 rings (SSSR count). The van der Waals surface area contributed by atoms with Crippen molar-refractivity contribution >= 4 is 17.5 Å². The Morgan fingerprint density at radius 1 is 1.08 bits per heavy atom. The van der Waals surface area contributed by atoms with E-state index in [2.05, 4.69) is 0 Å². The number of amides is 2. The van der Waals surface area contributed by atoms with Crippen molar-refractivity contribution in [2.75, 3.05) is 18.0 Å². The Bertz CT molecular complexity index is 758. The minimum Gasteiger partial charge on any atom is -0.329 e. The second-order valence-corrected chi connectivity index (χ2v) is 6.58. The van der Waals surface area contributed by atoms with Gasteiger partial charge in [-0.2, -0.15) is 0 Å². The zero-order chi connectivity index (χ0) is 17.8. The van der Waals surface area contributed by atoms with Gasteiger partial charge in [0.1, 0.15) is 6.04 Å². The molecule has 130 valence electrons. The van der Waals surface area contributed by atoms with Crippen LogP contribution in [0.25, 0.3) is 0 Å². The fourth-order valence-corrected chi connectivity index (χ4v) is 3.30. The third kappa shape index (κ3) is 3.90. The number of nitrogens with zero attached hydrogens (tertiary/aromatic N) is 2. The molecule has 4 nitrogen and oxygen atoms in total. The summed E-state index contributed by atoms with van der Waals surface area (Å²) in [6.07, 6.45) is 1.14. The van der Waals surface area contributed by atoms with Gasteiger partial charge < -0.3 is 9.80 Å². The maximum Gasteiger partial charge on any atom is 0.249 e. The molecule has 25 heavy (non-hydrogen) atoms. The summed E-state index contributed by atoms with van der Waals surface area (Å²) >= 11 is 0. The van der Waals surface area contributed by atoms with Gasteiger partial charge in [0.05, 0.1) is 0 Å². The first-order valence-electron chi connectivity index (χ1n) is 8.77. The van der Waals surface area contributed by atoms with Crippen LogP contribution >= 0.6 is 0 Å². The molecule has 0 aliphatic carbocycles. The normalized spacial score (nSPS) is 17.7. The topological polar surface area (TPSA) is 40.6 Å². The number of hydrogen-bond donors (Lipinski definition) is 0. The fourth-order valence-electron chi connectivity index (χ4n) is 3.30. The van der Waals surface area contributed by atoms with Crippen molar-refractivity contribution in [1.82, 2.24) is 4.90 Å². The standard InChI is InChI=1S/C21H24N2O2/c1-16-7-6-10-19(15-16)23-14-13-22(17(2)21(23)25)20(24)12-11-18-8-4-3-5-9-18/h3-10,15,17H,11-14H2,1-2H3/t17-/m1/s1. The largest absolute Gasteiger partial charge is 0.329 e. The number of piperazine rings is 1. The average Bonchev–Trinajstić information content (AvgIpc) is 2.63. The van der Waals surface area contributed by atoms with E-state index < -0.39 is 6.04 Å². The zero-order valence-electron chi connectivity index (χ0n) is 14.8. The summed E-state index contributed by atoms with van der Waals surface area (Å²) in [7, 11) is 0. The molecule has 2 aromatic rings. The lowest BCUT2D eigenvalue weighted by Gasteiger charge is -2.39. The lowest BCUT2D eigenvalue weighted by atomic mass is 10.1. The quantitative estimate of drug-likeness (QED) is 0.860. The number of hydrogen-bond acceptors (Lipinski definition) is 2. The highest BCUT2D eigenvalue weighted by molar-refractivity contribution is 6.00. The van der Waals surface area contributed by atoms with Crippen LogP contribution < -0.4 is 4.90 Å². The van der Waals surface area contributed by atoms with Crippen molar-refractivity contribution in [2.45, 2.75) is 32.7 Å². The Balaban J connectivity index is 1.64. The molecule has 1 heterocycles. The molecule has 1 aliphatic rings. The van der Waals surface area contributed by atoms with Crippen LogP contribution in [0.4, 0.5) is 5.69 Å². The summed E-state index contributed by atoms with van der Waals surface area (Å²) in [6.45, 7) is 4.96. The van der Waals surface area contributed by atoms with E-state index in [-0.39, 0.29) is 11.8 Å². The van der Waals surface area contributed by atoms with Crippen molar-refractivity contribution in [3.63, 3.8) is 0 Å². The molecular weight excluding hydrogens is 312 g/mol. The molecule has 1 aliphatic heterocycles. The van der Waals surface area contributed by atoms with E-state index in [0.717, 1.165) is 16.8 Å². The second-order valence-electron chi connectivity index (χ2n) is 6.58. The SMILES string of the molecule is Cc1cccc(N2CCN(C(=O)CCc3ccccc3)[C@H](C)C2=O)c1. The van der Waals surface area contributed by atoms with Crippen LogP contribution in [0.1, 0.15) is 24.5 Å². The van der Waals surface area contributed by atoms with Crippen LogP contribution in [0.3, 0.4) is 0 Å². The van der Waals surface area contributed by atoms with Gasteiger partial charge >= 0.3 is 0 Å². The molecule has 2 aromatic carbocycles. The smallest absolute Gasteiger partial charge is 0.249 e. The highest BCUT2D eigenvalue weighted by Crippen LogP contribution is 2.22. The third-order valence-electron chi connectivity index (χ3n) is 4.76. The van der Waals surface area contributed by atoms with Crippen molar-refractivity contribution in [3.8, 4) is 0 Å². The molecule has 1 fully saturated rings. The van der Waals surface area contributed by atoms with Crippen LogP contribution in [0.2, 0.25) is 0 Å². The van der Waals surface area contributed by atoms with E-state index in [9.17, 15) is 9.59 Å². The van der Waals surface area contributed by atoms with Crippen LogP contribution in [0.5, 0.6) is 0 Å². The first-order valence-corrected chi connectivity index (χ1v) is 8.77. The maximum absolute atomic E-state index is 12.8. The van der Waals surface area contributed by atoms with Gasteiger partial charge in [-0.3, -0.25) is 9.59 Å². The molecule has 0 spiro atoms. The fraction of sp³-hybridized carbons (Fsp3) is 0.333. The van der Waals surface area contributed by atoms with E-state index in [4.69, 9.17) is 0 Å². The molecular formula is C21H24N2O2. The molecule has 0 N–H and O–H groups in total. The molecule has 0 saturated carbocycles. The number of aryl methyl sites for hydroxylation is 2. The third-order valence-corrected chi connectivity index (χ3v) is 4.76. The minimum absolute atomic E-state index is 0.00934. The van der Waals surface area contributed by atoms with Crippen LogP contribution in [0.15, 0.2) is 54.6 Å². The summed E-state index contributed by atoms with van der Waals surface area (Å²) in [5.74, 6) is 0.0403. The highest BCUT2D eigenvalue weighted by atomic mass is 16.2. The first kappa shape index (κ1) is 17.2. The predicted molar refractivity (Wildman–Crippen MR) is 99.5 cm³/mol. The predicted octanol–water partition coefficient (Wildman–Crippen LogP) is 3.19. The Labute approximate surface area is 149 Å². The van der Waals surface area contributed by atoms with Crippen molar-refractivity contribution in [3.05, 3.63) is 65.7 Å². The van der Waals surface area contributed by atoms with E-state index in [1.165, 1.54) is 0 Å². The monoisotopic (exact) mass is 336 g/mol. The summed E-state index contributed by atoms with van der Waals surface area (Å²) in [4.78, 5) is 28.8. The second kappa shape index (κ2) is 7.51. The number of carbonyl (C=O) groups is 2. The van der Waals surface area contributed by atoms with Gasteiger partial charge in [-0.05, 0) is 43.5 Å². The number of carbonyl (C=O) groups excluding carboxylic acids is 2. The van der Waals surface area contributed by atoms with Crippen molar-refractivity contribution in [2.24, 2.45) is 0 Å². The van der Waals surface area contributed by atoms with Gasteiger partial charge in [-0.1, -0.05) is 42.5 Å². The zero-order valence-corrected chi connectivity index (χ0v) is 14.8. The number of anilines is 1. The number of rotatable bonds is 4. The maximum atomic E-state index is 12.8. The van der Waals surface area contributed by atoms with E-state index >= 15 is 0 Å². The van der Waals surface area contributed by atoms with E-state index in [1.54, 1.807) is 9.80 Å². The van der Waals surface area contributed by atoms with E-state index in [0.29, 0.717) is 25.9 Å². The Morgan fingerprint density at radius 3 is 2.56 bits per heavy atom. The molecule has 2 amide bonds. The van der Waals surface area contributed by atoms with Crippen LogP contribution in [0, 0.1) is 6.92 Å². The van der Waals surface area contributed by atoms with Gasteiger partial charge in [-0.25, -0.2) is 0 Å². The molecule has 0 unspecified atom stereocenters. The molecule has 4 heteroatoms. The van der Waals surface area contributed by atoms with Gasteiger partial charge in [0.2, 0.25) is 11.8 Å². The Morgan fingerprint density at radius 2 is 1.84 bits per heavy atom. The summed E-state index contributed by atoms with van der Waals surface area (Å²) in [6, 6.07) is 17.5. The Hall–Kier alpha value is -2.62. The molecule has 1 saturated heterocycles. The summed E-state index contributed by atoms with van der Waals surface area (Å²) < 4.78 is 0. The lowest BCUT2D eigenvalue weighted by molar-refractivity contribution is -0.140. The van der Waals surface area contributed by atoms with Crippen LogP contribution in [-0.2, 0) is 16.0 Å². The summed E-state index contributed by atoms with van der Waals surface area (Å²) in [5.41, 5.74) is 3.18. The molecule has 0 radical (unpaired) electrons. The Kier molecular flexibility index (Phi) is 5.17. The molecule has 1 atom stereocenters. The van der Waals surface area contributed by atoms with Gasteiger partial charge in [-0.15, -0.1) is 0 Å². The highest BCUT2D eigenvalue weighted by Gasteiger charge is 2.34. The van der Waals surface area contributed by atoms with Crippen molar-refractivity contribution < 1.29 is 9.59 Å². The average molecular weight is 336 g/mol. The van der Waals surface area contributed by atoms with E-state index in [1.807, 2.05) is 68.4 Å².